The molecule has 2 rings (SSSR count). The first-order valence-corrected chi connectivity index (χ1v) is 9.27. The van der Waals surface area contributed by atoms with Gasteiger partial charge in [0.15, 0.2) is 0 Å². The lowest BCUT2D eigenvalue weighted by molar-refractivity contribution is -0.142. The number of carboxylic acid groups (broad SMARTS) is 1. The molecule has 116 valence electrons. The van der Waals surface area contributed by atoms with E-state index >= 15 is 0 Å². The molecule has 1 saturated carbocycles. The van der Waals surface area contributed by atoms with Crippen LogP contribution in [0, 0.1) is 5.92 Å². The zero-order valence-electron chi connectivity index (χ0n) is 11.5. The van der Waals surface area contributed by atoms with Gasteiger partial charge in [-0.25, -0.2) is 13.1 Å². The first kappa shape index (κ1) is 16.5. The van der Waals surface area contributed by atoms with E-state index in [0.29, 0.717) is 25.7 Å². The Morgan fingerprint density at radius 3 is 2.29 bits per heavy atom. The van der Waals surface area contributed by atoms with Crippen LogP contribution in [0.2, 0.25) is 0 Å². The molecule has 0 amide bonds. The van der Waals surface area contributed by atoms with Gasteiger partial charge in [-0.05, 0) is 43.4 Å². The van der Waals surface area contributed by atoms with Gasteiger partial charge in [0.1, 0.15) is 0 Å². The molecule has 1 aromatic carbocycles. The quantitative estimate of drug-likeness (QED) is 0.827. The molecule has 5 nitrogen and oxygen atoms in total. The molecule has 1 aliphatic carbocycles. The number of hydrogen-bond acceptors (Lipinski definition) is 3. The van der Waals surface area contributed by atoms with Crippen molar-refractivity contribution in [3.63, 3.8) is 0 Å². The Kier molecular flexibility index (Phi) is 5.40. The third-order valence-corrected chi connectivity index (χ3v) is 5.63. The molecule has 0 aliphatic heterocycles. The second-order valence-electron chi connectivity index (χ2n) is 5.39. The van der Waals surface area contributed by atoms with Gasteiger partial charge in [-0.2, -0.15) is 0 Å². The molecule has 0 unspecified atom stereocenters. The van der Waals surface area contributed by atoms with E-state index in [2.05, 4.69) is 20.7 Å². The SMILES string of the molecule is O=C(O)C1CCC(NS(=O)(=O)Cc2ccc(Br)cc2)CC1. The maximum Gasteiger partial charge on any atom is 0.306 e. The molecule has 1 aromatic rings. The van der Waals surface area contributed by atoms with Gasteiger partial charge in [0.2, 0.25) is 10.0 Å². The number of hydrogen-bond donors (Lipinski definition) is 2. The van der Waals surface area contributed by atoms with E-state index in [4.69, 9.17) is 5.11 Å². The highest BCUT2D eigenvalue weighted by atomic mass is 79.9. The average molecular weight is 376 g/mol. The van der Waals surface area contributed by atoms with E-state index in [1.54, 1.807) is 12.1 Å². The normalized spacial score (nSPS) is 22.9. The molecule has 1 aliphatic rings. The van der Waals surface area contributed by atoms with Crippen LogP contribution < -0.4 is 4.72 Å². The maximum atomic E-state index is 12.1. The van der Waals surface area contributed by atoms with Crippen LogP contribution in [0.1, 0.15) is 31.2 Å². The summed E-state index contributed by atoms with van der Waals surface area (Å²) in [5, 5.41) is 8.93. The summed E-state index contributed by atoms with van der Waals surface area (Å²) in [6, 6.07) is 7.00. The van der Waals surface area contributed by atoms with Crippen LogP contribution in [-0.2, 0) is 20.6 Å². The summed E-state index contributed by atoms with van der Waals surface area (Å²) in [5.41, 5.74) is 0.727. The summed E-state index contributed by atoms with van der Waals surface area (Å²) in [7, 11) is -3.40. The highest BCUT2D eigenvalue weighted by Crippen LogP contribution is 2.25. The van der Waals surface area contributed by atoms with Gasteiger partial charge in [0.05, 0.1) is 11.7 Å². The molecule has 2 N–H and O–H groups in total. The average Bonchev–Trinajstić information content (AvgIpc) is 2.41. The van der Waals surface area contributed by atoms with Crippen LogP contribution in [-0.4, -0.2) is 25.5 Å². The highest BCUT2D eigenvalue weighted by Gasteiger charge is 2.28. The highest BCUT2D eigenvalue weighted by molar-refractivity contribution is 9.10. The predicted molar refractivity (Wildman–Crippen MR) is 83.3 cm³/mol. The van der Waals surface area contributed by atoms with Crippen LogP contribution in [0.3, 0.4) is 0 Å². The van der Waals surface area contributed by atoms with Crippen LogP contribution in [0.25, 0.3) is 0 Å². The van der Waals surface area contributed by atoms with Crippen molar-refractivity contribution in [2.24, 2.45) is 5.92 Å². The molecular weight excluding hydrogens is 358 g/mol. The van der Waals surface area contributed by atoms with Gasteiger partial charge in [-0.1, -0.05) is 28.1 Å². The van der Waals surface area contributed by atoms with Crippen molar-refractivity contribution in [2.45, 2.75) is 37.5 Å². The van der Waals surface area contributed by atoms with Crippen molar-refractivity contribution in [3.8, 4) is 0 Å². The standard InChI is InChI=1S/C14H18BrNO4S/c15-12-5-1-10(2-6-12)9-21(19,20)16-13-7-3-11(4-8-13)14(17)18/h1-2,5-6,11,13,16H,3-4,7-9H2,(H,17,18). The molecule has 0 aromatic heterocycles. The lowest BCUT2D eigenvalue weighted by atomic mass is 9.87. The van der Waals surface area contributed by atoms with Crippen molar-refractivity contribution in [2.75, 3.05) is 0 Å². The number of carbonyl (C=O) groups is 1. The van der Waals surface area contributed by atoms with Crippen LogP contribution >= 0.6 is 15.9 Å². The maximum absolute atomic E-state index is 12.1. The molecule has 0 spiro atoms. The summed E-state index contributed by atoms with van der Waals surface area (Å²) in [4.78, 5) is 10.9. The molecule has 1 fully saturated rings. The first-order valence-electron chi connectivity index (χ1n) is 6.83. The van der Waals surface area contributed by atoms with E-state index in [0.717, 1.165) is 10.0 Å². The van der Waals surface area contributed by atoms with Crippen molar-refractivity contribution in [3.05, 3.63) is 34.3 Å². The number of nitrogens with one attached hydrogen (secondary N) is 1. The Bertz CT molecular complexity index is 592. The van der Waals surface area contributed by atoms with E-state index in [1.165, 1.54) is 0 Å². The van der Waals surface area contributed by atoms with Gasteiger partial charge in [0.25, 0.3) is 0 Å². The summed E-state index contributed by atoms with van der Waals surface area (Å²) >= 11 is 3.31. The summed E-state index contributed by atoms with van der Waals surface area (Å²) in [6.45, 7) is 0. The fourth-order valence-corrected chi connectivity index (χ4v) is 4.28. The minimum absolute atomic E-state index is 0.0564. The first-order chi connectivity index (χ1) is 9.85. The minimum Gasteiger partial charge on any atom is -0.481 e. The number of sulfonamides is 1. The fourth-order valence-electron chi connectivity index (χ4n) is 2.55. The van der Waals surface area contributed by atoms with Gasteiger partial charge >= 0.3 is 5.97 Å². The zero-order valence-corrected chi connectivity index (χ0v) is 13.9. The van der Waals surface area contributed by atoms with E-state index in [-0.39, 0.29) is 17.7 Å². The van der Waals surface area contributed by atoms with Crippen LogP contribution in [0.4, 0.5) is 0 Å². The van der Waals surface area contributed by atoms with E-state index < -0.39 is 16.0 Å². The lowest BCUT2D eigenvalue weighted by Gasteiger charge is -2.26. The molecule has 21 heavy (non-hydrogen) atoms. The number of aliphatic carboxylic acids is 1. The zero-order chi connectivity index (χ0) is 15.5. The molecule has 0 heterocycles. The summed E-state index contributed by atoms with van der Waals surface area (Å²) < 4.78 is 27.9. The summed E-state index contributed by atoms with van der Waals surface area (Å²) in [5.74, 6) is -1.18. The Morgan fingerprint density at radius 1 is 1.19 bits per heavy atom. The molecular formula is C14H18BrNO4S. The Labute approximate surface area is 132 Å². The number of halogens is 1. The van der Waals surface area contributed by atoms with Gasteiger partial charge in [-0.15, -0.1) is 0 Å². The Hall–Kier alpha value is -0.920. The number of rotatable bonds is 5. The van der Waals surface area contributed by atoms with Crippen LogP contribution in [0.5, 0.6) is 0 Å². The third-order valence-electron chi connectivity index (χ3n) is 3.69. The van der Waals surface area contributed by atoms with Gasteiger partial charge in [0, 0.05) is 10.5 Å². The molecule has 7 heteroatoms. The number of benzene rings is 1. The monoisotopic (exact) mass is 375 g/mol. The molecule has 0 saturated heterocycles. The van der Waals surface area contributed by atoms with Crippen molar-refractivity contribution in [1.82, 2.24) is 4.72 Å². The Balaban J connectivity index is 1.90. The molecule has 0 bridgehead atoms. The summed E-state index contributed by atoms with van der Waals surface area (Å²) in [6.07, 6.45) is 2.22. The van der Waals surface area contributed by atoms with E-state index in [9.17, 15) is 13.2 Å². The fraction of sp³-hybridized carbons (Fsp3) is 0.500. The second-order valence-corrected chi connectivity index (χ2v) is 8.06. The third kappa shape index (κ3) is 5.09. The minimum atomic E-state index is -3.40. The largest absolute Gasteiger partial charge is 0.481 e. The van der Waals surface area contributed by atoms with Crippen molar-refractivity contribution in [1.29, 1.82) is 0 Å². The van der Waals surface area contributed by atoms with E-state index in [1.807, 2.05) is 12.1 Å². The van der Waals surface area contributed by atoms with Gasteiger partial charge in [-0.3, -0.25) is 4.79 Å². The van der Waals surface area contributed by atoms with Crippen molar-refractivity contribution >= 4 is 31.9 Å². The number of carboxylic acids is 1. The smallest absolute Gasteiger partial charge is 0.306 e. The lowest BCUT2D eigenvalue weighted by Crippen LogP contribution is -2.39. The molecule has 0 atom stereocenters. The topological polar surface area (TPSA) is 83.5 Å². The van der Waals surface area contributed by atoms with Gasteiger partial charge < -0.3 is 5.11 Å². The second kappa shape index (κ2) is 6.89. The molecule has 0 radical (unpaired) electrons. The van der Waals surface area contributed by atoms with Crippen molar-refractivity contribution < 1.29 is 18.3 Å². The Morgan fingerprint density at radius 2 is 1.76 bits per heavy atom. The predicted octanol–water partition coefficient (Wildman–Crippen LogP) is 2.51. The van der Waals surface area contributed by atoms with Crippen LogP contribution in [0.15, 0.2) is 28.7 Å².